The Bertz CT molecular complexity index is 866. The van der Waals surface area contributed by atoms with Gasteiger partial charge in [0.25, 0.3) is 5.91 Å². The molecule has 0 aliphatic heterocycles. The van der Waals surface area contributed by atoms with Gasteiger partial charge >= 0.3 is 0 Å². The maximum Gasteiger partial charge on any atom is 0.261 e. The van der Waals surface area contributed by atoms with Crippen molar-refractivity contribution in [3.63, 3.8) is 0 Å². The van der Waals surface area contributed by atoms with Crippen LogP contribution in [0.5, 0.6) is 0 Å². The molecule has 0 saturated heterocycles. The summed E-state index contributed by atoms with van der Waals surface area (Å²) in [5, 5.41) is 6.98. The van der Waals surface area contributed by atoms with Gasteiger partial charge in [-0.25, -0.2) is 0 Å². The van der Waals surface area contributed by atoms with E-state index in [1.54, 1.807) is 6.92 Å². The summed E-state index contributed by atoms with van der Waals surface area (Å²) in [7, 11) is 0. The Balaban J connectivity index is 1.86. The van der Waals surface area contributed by atoms with Crippen molar-refractivity contribution in [2.24, 2.45) is 0 Å². The minimum Gasteiger partial charge on any atom is -0.360 e. The van der Waals surface area contributed by atoms with Crippen LogP contribution in [0, 0.1) is 6.92 Å². The molecule has 124 valence electrons. The zero-order chi connectivity index (χ0) is 17.3. The minimum atomic E-state index is -0.217. The molecule has 0 saturated carbocycles. The van der Waals surface area contributed by atoms with E-state index in [1.165, 1.54) is 16.9 Å². The molecule has 0 fully saturated rings. The molecular weight excluding hydrogens is 388 g/mol. The third-order valence-corrected chi connectivity index (χ3v) is 5.36. The number of carbonyl (C=O) groups excluding carboxylic acids is 1. The molecule has 1 aromatic carbocycles. The summed E-state index contributed by atoms with van der Waals surface area (Å²) in [5.74, 6) is 0.746. The van der Waals surface area contributed by atoms with E-state index in [4.69, 9.17) is 4.52 Å². The minimum absolute atomic E-state index is 0.217. The average molecular weight is 405 g/mol. The lowest BCUT2D eigenvalue weighted by molar-refractivity contribution is 0.102. The summed E-state index contributed by atoms with van der Waals surface area (Å²) in [4.78, 5) is 13.6. The molecule has 1 amide bonds. The second-order valence-electron chi connectivity index (χ2n) is 5.80. The molecule has 0 bridgehead atoms. The standard InChI is InChI=1S/C18H17BrN2O2S/c1-10(2)12-4-6-13(7-5-12)20-18(22)16-11(3)23-21-17(16)14-8-9-15(19)24-14/h4-10H,1-3H3,(H,20,22). The summed E-state index contributed by atoms with van der Waals surface area (Å²) >= 11 is 4.94. The Morgan fingerprint density at radius 2 is 1.92 bits per heavy atom. The largest absolute Gasteiger partial charge is 0.360 e. The van der Waals surface area contributed by atoms with E-state index in [1.807, 2.05) is 36.4 Å². The van der Waals surface area contributed by atoms with E-state index in [9.17, 15) is 4.79 Å². The van der Waals surface area contributed by atoms with Crippen LogP contribution >= 0.6 is 27.3 Å². The van der Waals surface area contributed by atoms with E-state index in [0.29, 0.717) is 22.9 Å². The summed E-state index contributed by atoms with van der Waals surface area (Å²) in [6.07, 6.45) is 0. The fraction of sp³-hybridized carbons (Fsp3) is 0.222. The molecule has 0 aliphatic carbocycles. The molecule has 3 rings (SSSR count). The monoisotopic (exact) mass is 404 g/mol. The number of benzene rings is 1. The van der Waals surface area contributed by atoms with Gasteiger partial charge in [0.1, 0.15) is 17.0 Å². The number of rotatable bonds is 4. The average Bonchev–Trinajstić information content (AvgIpc) is 3.13. The van der Waals surface area contributed by atoms with Gasteiger partial charge in [0.05, 0.1) is 8.66 Å². The highest BCUT2D eigenvalue weighted by Crippen LogP contribution is 2.34. The fourth-order valence-corrected chi connectivity index (χ4v) is 3.77. The van der Waals surface area contributed by atoms with E-state index in [0.717, 1.165) is 14.4 Å². The predicted molar refractivity (Wildman–Crippen MR) is 101 cm³/mol. The van der Waals surface area contributed by atoms with Gasteiger partial charge in [-0.15, -0.1) is 11.3 Å². The van der Waals surface area contributed by atoms with Gasteiger partial charge in [-0.05, 0) is 58.6 Å². The first-order valence-electron chi connectivity index (χ1n) is 7.59. The molecule has 2 aromatic heterocycles. The Labute approximate surface area is 153 Å². The van der Waals surface area contributed by atoms with Gasteiger partial charge in [0.2, 0.25) is 0 Å². The molecule has 0 aliphatic rings. The lowest BCUT2D eigenvalue weighted by atomic mass is 10.0. The third kappa shape index (κ3) is 3.44. The van der Waals surface area contributed by atoms with Gasteiger partial charge in [-0.2, -0.15) is 0 Å². The van der Waals surface area contributed by atoms with Crippen LogP contribution in [0.25, 0.3) is 10.6 Å². The van der Waals surface area contributed by atoms with Gasteiger partial charge < -0.3 is 9.84 Å². The molecule has 0 radical (unpaired) electrons. The highest BCUT2D eigenvalue weighted by Gasteiger charge is 2.22. The van der Waals surface area contributed by atoms with Crippen LogP contribution < -0.4 is 5.32 Å². The van der Waals surface area contributed by atoms with Crippen molar-refractivity contribution in [2.45, 2.75) is 26.7 Å². The number of thiophene rings is 1. The molecule has 0 unspecified atom stereocenters. The van der Waals surface area contributed by atoms with Crippen molar-refractivity contribution in [3.8, 4) is 10.6 Å². The maximum atomic E-state index is 12.7. The van der Waals surface area contributed by atoms with Crippen LogP contribution in [-0.4, -0.2) is 11.1 Å². The lowest BCUT2D eigenvalue weighted by Gasteiger charge is -2.08. The summed E-state index contributed by atoms with van der Waals surface area (Å²) in [6.45, 7) is 6.02. The lowest BCUT2D eigenvalue weighted by Crippen LogP contribution is -2.13. The van der Waals surface area contributed by atoms with E-state index in [2.05, 4.69) is 40.3 Å². The second-order valence-corrected chi connectivity index (χ2v) is 8.26. The maximum absolute atomic E-state index is 12.7. The Hall–Kier alpha value is -1.92. The highest BCUT2D eigenvalue weighted by atomic mass is 79.9. The van der Waals surface area contributed by atoms with Crippen LogP contribution in [0.2, 0.25) is 0 Å². The second kappa shape index (κ2) is 6.91. The number of nitrogens with zero attached hydrogens (tertiary/aromatic N) is 1. The highest BCUT2D eigenvalue weighted by molar-refractivity contribution is 9.11. The molecular formula is C18H17BrN2O2S. The van der Waals surface area contributed by atoms with E-state index < -0.39 is 0 Å². The van der Waals surface area contributed by atoms with Crippen molar-refractivity contribution >= 4 is 38.9 Å². The normalized spacial score (nSPS) is 11.0. The molecule has 2 heterocycles. The molecule has 3 aromatic rings. The molecule has 4 nitrogen and oxygen atoms in total. The van der Waals surface area contributed by atoms with Crippen LogP contribution in [0.3, 0.4) is 0 Å². The molecule has 1 N–H and O–H groups in total. The zero-order valence-electron chi connectivity index (χ0n) is 13.6. The predicted octanol–water partition coefficient (Wildman–Crippen LogP) is 5.85. The van der Waals surface area contributed by atoms with Crippen LogP contribution in [-0.2, 0) is 0 Å². The molecule has 0 spiro atoms. The number of hydrogen-bond donors (Lipinski definition) is 1. The molecule has 24 heavy (non-hydrogen) atoms. The van der Waals surface area contributed by atoms with Crippen LogP contribution in [0.1, 0.15) is 41.4 Å². The van der Waals surface area contributed by atoms with Crippen molar-refractivity contribution in [1.29, 1.82) is 0 Å². The zero-order valence-corrected chi connectivity index (χ0v) is 16.0. The van der Waals surface area contributed by atoms with E-state index >= 15 is 0 Å². The van der Waals surface area contributed by atoms with Gasteiger partial charge in [-0.1, -0.05) is 31.1 Å². The van der Waals surface area contributed by atoms with Crippen LogP contribution in [0.15, 0.2) is 44.7 Å². The third-order valence-electron chi connectivity index (χ3n) is 3.73. The first-order valence-corrected chi connectivity index (χ1v) is 9.20. The van der Waals surface area contributed by atoms with Crippen molar-refractivity contribution in [3.05, 3.63) is 57.1 Å². The number of aryl methyl sites for hydroxylation is 1. The first kappa shape index (κ1) is 16.9. The fourth-order valence-electron chi connectivity index (χ4n) is 2.39. The SMILES string of the molecule is Cc1onc(-c2ccc(Br)s2)c1C(=O)Nc1ccc(C(C)C)cc1. The Morgan fingerprint density at radius 3 is 2.50 bits per heavy atom. The van der Waals surface area contributed by atoms with Crippen molar-refractivity contribution in [1.82, 2.24) is 5.16 Å². The number of anilines is 1. The number of halogens is 1. The summed E-state index contributed by atoms with van der Waals surface area (Å²) in [5.41, 5.74) is 3.03. The van der Waals surface area contributed by atoms with Crippen LogP contribution in [0.4, 0.5) is 5.69 Å². The number of nitrogens with one attached hydrogen (secondary N) is 1. The molecule has 6 heteroatoms. The molecule has 0 atom stereocenters. The smallest absolute Gasteiger partial charge is 0.261 e. The number of hydrogen-bond acceptors (Lipinski definition) is 4. The van der Waals surface area contributed by atoms with Crippen molar-refractivity contribution in [2.75, 3.05) is 5.32 Å². The summed E-state index contributed by atoms with van der Waals surface area (Å²) in [6, 6.07) is 11.7. The van der Waals surface area contributed by atoms with Crippen molar-refractivity contribution < 1.29 is 9.32 Å². The summed E-state index contributed by atoms with van der Waals surface area (Å²) < 4.78 is 6.23. The van der Waals surface area contributed by atoms with Gasteiger partial charge in [0, 0.05) is 5.69 Å². The number of carbonyl (C=O) groups is 1. The Kier molecular flexibility index (Phi) is 4.87. The quantitative estimate of drug-likeness (QED) is 0.593. The van der Waals surface area contributed by atoms with E-state index in [-0.39, 0.29) is 5.91 Å². The van der Waals surface area contributed by atoms with Gasteiger partial charge in [-0.3, -0.25) is 4.79 Å². The number of aromatic nitrogens is 1. The topological polar surface area (TPSA) is 55.1 Å². The Morgan fingerprint density at radius 1 is 1.21 bits per heavy atom. The number of amides is 1. The first-order chi connectivity index (χ1) is 11.5. The van der Waals surface area contributed by atoms with Gasteiger partial charge in [0.15, 0.2) is 0 Å².